The minimum atomic E-state index is -0.573. The minimum absolute atomic E-state index is 0.511. The van der Waals surface area contributed by atoms with Gasteiger partial charge in [0.05, 0.1) is 17.3 Å². The number of nitrogens with zero attached hydrogens (tertiary/aromatic N) is 3. The van der Waals surface area contributed by atoms with E-state index in [4.69, 9.17) is 10.00 Å². The Morgan fingerprint density at radius 2 is 2.05 bits per heavy atom. The van der Waals surface area contributed by atoms with Crippen molar-refractivity contribution in [2.45, 2.75) is 33.3 Å². The van der Waals surface area contributed by atoms with Gasteiger partial charge in [0.1, 0.15) is 5.60 Å². The molecule has 108 valence electrons. The molecule has 2 aromatic rings. The highest BCUT2D eigenvalue weighted by Gasteiger charge is 2.20. The lowest BCUT2D eigenvalue weighted by Gasteiger charge is -2.19. The molecular formula is C16H17N3O2. The summed E-state index contributed by atoms with van der Waals surface area (Å²) in [7, 11) is 0. The van der Waals surface area contributed by atoms with Crippen LogP contribution in [0.2, 0.25) is 0 Å². The second-order valence-corrected chi connectivity index (χ2v) is 5.76. The molecule has 0 saturated carbocycles. The summed E-state index contributed by atoms with van der Waals surface area (Å²) in [6.45, 7) is 7.21. The zero-order valence-electron chi connectivity index (χ0n) is 12.5. The molecule has 0 aliphatic heterocycles. The van der Waals surface area contributed by atoms with Gasteiger partial charge in [0.25, 0.3) is 0 Å². The SMILES string of the molecule is Cc1cc(-c2cccc(C#N)c2)nn1C(=O)OC(C)(C)C. The van der Waals surface area contributed by atoms with E-state index in [1.807, 2.05) is 6.07 Å². The lowest BCUT2D eigenvalue weighted by molar-refractivity contribution is 0.0511. The molecule has 5 heteroatoms. The summed E-state index contributed by atoms with van der Waals surface area (Å²) < 4.78 is 6.54. The van der Waals surface area contributed by atoms with Gasteiger partial charge in [-0.25, -0.2) is 4.79 Å². The molecule has 0 N–H and O–H groups in total. The molecule has 1 heterocycles. The van der Waals surface area contributed by atoms with E-state index in [1.165, 1.54) is 4.68 Å². The first-order valence-corrected chi connectivity index (χ1v) is 6.61. The van der Waals surface area contributed by atoms with E-state index in [1.54, 1.807) is 52.0 Å². The van der Waals surface area contributed by atoms with Crippen LogP contribution in [0, 0.1) is 18.3 Å². The van der Waals surface area contributed by atoms with Gasteiger partial charge in [-0.2, -0.15) is 15.0 Å². The maximum atomic E-state index is 12.1. The third kappa shape index (κ3) is 3.48. The van der Waals surface area contributed by atoms with Crippen molar-refractivity contribution < 1.29 is 9.53 Å². The fraction of sp³-hybridized carbons (Fsp3) is 0.312. The number of carbonyl (C=O) groups is 1. The number of rotatable bonds is 1. The highest BCUT2D eigenvalue weighted by molar-refractivity contribution is 5.73. The first kappa shape index (κ1) is 14.8. The van der Waals surface area contributed by atoms with Gasteiger partial charge in [0, 0.05) is 11.3 Å². The first-order chi connectivity index (χ1) is 9.80. The van der Waals surface area contributed by atoms with E-state index in [9.17, 15) is 4.79 Å². The Labute approximate surface area is 123 Å². The largest absolute Gasteiger partial charge is 0.442 e. The average Bonchev–Trinajstić information content (AvgIpc) is 2.79. The van der Waals surface area contributed by atoms with Crippen LogP contribution in [0.1, 0.15) is 32.0 Å². The van der Waals surface area contributed by atoms with Gasteiger partial charge in [-0.15, -0.1) is 0 Å². The lowest BCUT2D eigenvalue weighted by atomic mass is 10.1. The Hall–Kier alpha value is -2.61. The van der Waals surface area contributed by atoms with Crippen molar-refractivity contribution in [1.29, 1.82) is 5.26 Å². The number of carbonyl (C=O) groups excluding carboxylic acids is 1. The Bertz CT molecular complexity index is 718. The fourth-order valence-corrected chi connectivity index (χ4v) is 1.85. The third-order valence-electron chi connectivity index (χ3n) is 2.74. The molecule has 0 unspecified atom stereocenters. The van der Waals surface area contributed by atoms with Crippen LogP contribution < -0.4 is 0 Å². The molecule has 1 aromatic carbocycles. The third-order valence-corrected chi connectivity index (χ3v) is 2.74. The minimum Gasteiger partial charge on any atom is -0.442 e. The molecule has 0 amide bonds. The standard InChI is InChI=1S/C16H17N3O2/c1-11-8-14(13-7-5-6-12(9-13)10-17)18-19(11)15(20)21-16(2,3)4/h5-9H,1-4H3. The van der Waals surface area contributed by atoms with E-state index in [2.05, 4.69) is 11.2 Å². The molecule has 0 aliphatic carbocycles. The van der Waals surface area contributed by atoms with E-state index < -0.39 is 11.7 Å². The Morgan fingerprint density at radius 1 is 1.33 bits per heavy atom. The summed E-state index contributed by atoms with van der Waals surface area (Å²) in [4.78, 5) is 12.1. The molecule has 0 atom stereocenters. The van der Waals surface area contributed by atoms with Crippen molar-refractivity contribution in [3.8, 4) is 17.3 Å². The van der Waals surface area contributed by atoms with Crippen LogP contribution in [0.25, 0.3) is 11.3 Å². The van der Waals surface area contributed by atoms with Gasteiger partial charge < -0.3 is 4.74 Å². The molecule has 0 radical (unpaired) electrons. The van der Waals surface area contributed by atoms with Crippen LogP contribution in [-0.2, 0) is 4.74 Å². The highest BCUT2D eigenvalue weighted by atomic mass is 16.6. The summed E-state index contributed by atoms with van der Waals surface area (Å²) in [6, 6.07) is 11.0. The Balaban J connectivity index is 2.35. The number of ether oxygens (including phenoxy) is 1. The summed E-state index contributed by atoms with van der Waals surface area (Å²) in [6.07, 6.45) is -0.511. The quantitative estimate of drug-likeness (QED) is 0.803. The number of nitriles is 1. The zero-order chi connectivity index (χ0) is 15.6. The first-order valence-electron chi connectivity index (χ1n) is 6.61. The molecule has 0 aliphatic rings. The fourth-order valence-electron chi connectivity index (χ4n) is 1.85. The normalized spacial score (nSPS) is 11.0. The maximum Gasteiger partial charge on any atom is 0.435 e. The molecule has 0 spiro atoms. The predicted octanol–water partition coefficient (Wildman–Crippen LogP) is 3.51. The number of benzene rings is 1. The van der Waals surface area contributed by atoms with Crippen LogP contribution in [0.4, 0.5) is 4.79 Å². The second kappa shape index (κ2) is 5.41. The molecule has 5 nitrogen and oxygen atoms in total. The van der Waals surface area contributed by atoms with Crippen LogP contribution in [0.3, 0.4) is 0 Å². The average molecular weight is 283 g/mol. The van der Waals surface area contributed by atoms with E-state index in [0.29, 0.717) is 17.0 Å². The summed E-state index contributed by atoms with van der Waals surface area (Å²) in [5.74, 6) is 0. The molecular weight excluding hydrogens is 266 g/mol. The molecule has 0 fully saturated rings. The second-order valence-electron chi connectivity index (χ2n) is 5.76. The smallest absolute Gasteiger partial charge is 0.435 e. The van der Waals surface area contributed by atoms with Crippen molar-refractivity contribution in [2.24, 2.45) is 0 Å². The number of aromatic nitrogens is 2. The van der Waals surface area contributed by atoms with Gasteiger partial charge >= 0.3 is 6.09 Å². The Kier molecular flexibility index (Phi) is 3.81. The van der Waals surface area contributed by atoms with Crippen molar-refractivity contribution >= 4 is 6.09 Å². The molecule has 0 bridgehead atoms. The molecule has 1 aromatic heterocycles. The summed E-state index contributed by atoms with van der Waals surface area (Å²) in [5.41, 5.74) is 2.09. The number of hydrogen-bond acceptors (Lipinski definition) is 4. The van der Waals surface area contributed by atoms with Crippen LogP contribution in [0.5, 0.6) is 0 Å². The van der Waals surface area contributed by atoms with Crippen molar-refractivity contribution in [2.75, 3.05) is 0 Å². The van der Waals surface area contributed by atoms with E-state index in [0.717, 1.165) is 5.56 Å². The number of aryl methyl sites for hydroxylation is 1. The molecule has 2 rings (SSSR count). The van der Waals surface area contributed by atoms with E-state index in [-0.39, 0.29) is 0 Å². The summed E-state index contributed by atoms with van der Waals surface area (Å²) in [5, 5.41) is 13.2. The van der Waals surface area contributed by atoms with Crippen LogP contribution in [-0.4, -0.2) is 21.5 Å². The van der Waals surface area contributed by atoms with E-state index >= 15 is 0 Å². The van der Waals surface area contributed by atoms with Crippen molar-refractivity contribution in [3.63, 3.8) is 0 Å². The van der Waals surface area contributed by atoms with Crippen molar-refractivity contribution in [1.82, 2.24) is 9.78 Å². The van der Waals surface area contributed by atoms with Crippen LogP contribution in [0.15, 0.2) is 30.3 Å². The maximum absolute atomic E-state index is 12.1. The Morgan fingerprint density at radius 3 is 2.67 bits per heavy atom. The van der Waals surface area contributed by atoms with Gasteiger partial charge in [0.2, 0.25) is 0 Å². The van der Waals surface area contributed by atoms with Gasteiger partial charge in [-0.3, -0.25) is 0 Å². The van der Waals surface area contributed by atoms with Gasteiger partial charge in [0.15, 0.2) is 0 Å². The summed E-state index contributed by atoms with van der Waals surface area (Å²) >= 11 is 0. The number of hydrogen-bond donors (Lipinski definition) is 0. The van der Waals surface area contributed by atoms with Gasteiger partial charge in [-0.05, 0) is 45.9 Å². The monoisotopic (exact) mass is 283 g/mol. The van der Waals surface area contributed by atoms with Crippen LogP contribution >= 0.6 is 0 Å². The molecule has 21 heavy (non-hydrogen) atoms. The highest BCUT2D eigenvalue weighted by Crippen LogP contribution is 2.21. The lowest BCUT2D eigenvalue weighted by Crippen LogP contribution is -2.28. The zero-order valence-corrected chi connectivity index (χ0v) is 12.5. The topological polar surface area (TPSA) is 67.9 Å². The van der Waals surface area contributed by atoms with Gasteiger partial charge in [-0.1, -0.05) is 12.1 Å². The molecule has 0 saturated heterocycles. The predicted molar refractivity (Wildman–Crippen MR) is 78.7 cm³/mol. The van der Waals surface area contributed by atoms with Crippen molar-refractivity contribution in [3.05, 3.63) is 41.6 Å².